The van der Waals surface area contributed by atoms with E-state index in [-0.39, 0.29) is 11.3 Å². The number of rotatable bonds is 5. The van der Waals surface area contributed by atoms with Gasteiger partial charge in [0.25, 0.3) is 0 Å². The van der Waals surface area contributed by atoms with Gasteiger partial charge < -0.3 is 15.7 Å². The lowest BCUT2D eigenvalue weighted by atomic mass is 10.2. The van der Waals surface area contributed by atoms with Crippen molar-refractivity contribution in [2.24, 2.45) is 0 Å². The Labute approximate surface area is 139 Å². The zero-order chi connectivity index (χ0) is 15.2. The average molecular weight is 416 g/mol. The molecule has 3 N–H and O–H groups in total. The number of amides is 2. The van der Waals surface area contributed by atoms with E-state index < -0.39 is 12.0 Å². The van der Waals surface area contributed by atoms with E-state index >= 15 is 0 Å². The molecule has 0 unspecified atom stereocenters. The molecule has 0 aliphatic heterocycles. The van der Waals surface area contributed by atoms with Crippen molar-refractivity contribution in [2.75, 3.05) is 11.9 Å². The number of aromatic carboxylic acids is 1. The Bertz CT molecular complexity index is 644. The highest BCUT2D eigenvalue weighted by molar-refractivity contribution is 14.1. The molecule has 0 fully saturated rings. The second-order valence-corrected chi connectivity index (χ2v) is 6.48. The lowest BCUT2D eigenvalue weighted by molar-refractivity contribution is 0.0698. The van der Waals surface area contributed by atoms with Crippen LogP contribution >= 0.6 is 33.9 Å². The zero-order valence-electron chi connectivity index (χ0n) is 10.9. The number of carboxylic acid groups (broad SMARTS) is 1. The minimum atomic E-state index is -1.07. The highest BCUT2D eigenvalue weighted by atomic mass is 127. The van der Waals surface area contributed by atoms with Crippen molar-refractivity contribution < 1.29 is 14.7 Å². The molecule has 0 saturated heterocycles. The Hall–Kier alpha value is -1.61. The third kappa shape index (κ3) is 4.71. The topological polar surface area (TPSA) is 78.4 Å². The number of carbonyl (C=O) groups excluding carboxylic acids is 1. The first-order valence-corrected chi connectivity index (χ1v) is 8.12. The number of hydrogen-bond donors (Lipinski definition) is 3. The predicted molar refractivity (Wildman–Crippen MR) is 91.2 cm³/mol. The molecule has 0 aliphatic rings. The smallest absolute Gasteiger partial charge is 0.337 e. The summed E-state index contributed by atoms with van der Waals surface area (Å²) in [6.45, 7) is 0.499. The second kappa shape index (κ2) is 7.41. The van der Waals surface area contributed by atoms with Gasteiger partial charge in [0, 0.05) is 15.0 Å². The molecule has 0 radical (unpaired) electrons. The van der Waals surface area contributed by atoms with Crippen LogP contribution in [0.4, 0.5) is 10.5 Å². The summed E-state index contributed by atoms with van der Waals surface area (Å²) in [5.74, 6) is -1.07. The summed E-state index contributed by atoms with van der Waals surface area (Å²) in [5.41, 5.74) is 0.367. The maximum atomic E-state index is 11.8. The van der Waals surface area contributed by atoms with E-state index in [0.717, 1.165) is 9.99 Å². The van der Waals surface area contributed by atoms with E-state index in [1.54, 1.807) is 23.5 Å². The zero-order valence-corrected chi connectivity index (χ0v) is 13.9. The van der Waals surface area contributed by atoms with Crippen LogP contribution in [0.5, 0.6) is 0 Å². The van der Waals surface area contributed by atoms with Crippen molar-refractivity contribution in [3.05, 3.63) is 49.7 Å². The van der Waals surface area contributed by atoms with Crippen LogP contribution in [-0.2, 0) is 6.42 Å². The first-order valence-electron chi connectivity index (χ1n) is 6.16. The van der Waals surface area contributed by atoms with Crippen molar-refractivity contribution in [3.8, 4) is 0 Å². The number of benzene rings is 1. The first kappa shape index (κ1) is 15.8. The number of nitrogens with one attached hydrogen (secondary N) is 2. The minimum Gasteiger partial charge on any atom is -0.478 e. The molecule has 1 aromatic heterocycles. The van der Waals surface area contributed by atoms with Crippen molar-refractivity contribution >= 4 is 51.6 Å². The summed E-state index contributed by atoms with van der Waals surface area (Å²) in [6.07, 6.45) is 0.754. The minimum absolute atomic E-state index is 0.0790. The molecule has 7 heteroatoms. The first-order chi connectivity index (χ1) is 10.1. The third-order valence-corrected chi connectivity index (χ3v) is 4.30. The quantitative estimate of drug-likeness (QED) is 0.654. The second-order valence-electron chi connectivity index (χ2n) is 4.21. The van der Waals surface area contributed by atoms with Crippen molar-refractivity contribution in [2.45, 2.75) is 6.42 Å². The summed E-state index contributed by atoms with van der Waals surface area (Å²) in [5, 5.41) is 16.4. The van der Waals surface area contributed by atoms with E-state index in [1.165, 1.54) is 10.9 Å². The van der Waals surface area contributed by atoms with Gasteiger partial charge in [-0.15, -0.1) is 11.3 Å². The number of anilines is 1. The summed E-state index contributed by atoms with van der Waals surface area (Å²) in [7, 11) is 0. The number of carbonyl (C=O) groups is 2. The van der Waals surface area contributed by atoms with Gasteiger partial charge in [-0.3, -0.25) is 0 Å². The number of hydrogen-bond acceptors (Lipinski definition) is 3. The molecule has 0 aliphatic carbocycles. The predicted octanol–water partition coefficient (Wildman–Crippen LogP) is 3.42. The highest BCUT2D eigenvalue weighted by Gasteiger charge is 2.12. The highest BCUT2D eigenvalue weighted by Crippen LogP contribution is 2.18. The van der Waals surface area contributed by atoms with Crippen LogP contribution < -0.4 is 10.6 Å². The Morgan fingerprint density at radius 1 is 1.29 bits per heavy atom. The van der Waals surface area contributed by atoms with Crippen LogP contribution in [0.15, 0.2) is 35.7 Å². The van der Waals surface area contributed by atoms with Gasteiger partial charge in [-0.1, -0.05) is 6.07 Å². The number of urea groups is 1. The van der Waals surface area contributed by atoms with E-state index in [0.29, 0.717) is 6.54 Å². The fourth-order valence-electron chi connectivity index (χ4n) is 1.72. The van der Waals surface area contributed by atoms with E-state index in [4.69, 9.17) is 5.11 Å². The standard InChI is InChI=1S/C14H13IN2O3S/c15-9-3-4-12(11(8-9)13(18)19)17-14(20)16-6-5-10-2-1-7-21-10/h1-4,7-8H,5-6H2,(H,18,19)(H2,16,17,20). The van der Waals surface area contributed by atoms with Crippen LogP contribution in [0.2, 0.25) is 0 Å². The lowest BCUT2D eigenvalue weighted by Crippen LogP contribution is -2.31. The molecule has 110 valence electrons. The molecular weight excluding hydrogens is 403 g/mol. The van der Waals surface area contributed by atoms with Crippen LogP contribution in [0.25, 0.3) is 0 Å². The lowest BCUT2D eigenvalue weighted by Gasteiger charge is -2.10. The summed E-state index contributed by atoms with van der Waals surface area (Å²) in [6, 6.07) is 8.41. The molecule has 0 atom stereocenters. The number of carboxylic acids is 1. The molecule has 1 heterocycles. The SMILES string of the molecule is O=C(NCCc1cccs1)Nc1ccc(I)cc1C(=O)O. The van der Waals surface area contributed by atoms with Gasteiger partial charge in [0.2, 0.25) is 0 Å². The molecule has 2 aromatic rings. The Kier molecular flexibility index (Phi) is 5.57. The van der Waals surface area contributed by atoms with Gasteiger partial charge in [-0.2, -0.15) is 0 Å². The summed E-state index contributed by atoms with van der Waals surface area (Å²) < 4.78 is 0.800. The third-order valence-electron chi connectivity index (χ3n) is 2.70. The fraction of sp³-hybridized carbons (Fsp3) is 0.143. The van der Waals surface area contributed by atoms with Gasteiger partial charge in [-0.05, 0) is 58.7 Å². The van der Waals surface area contributed by atoms with Gasteiger partial charge in [0.15, 0.2) is 0 Å². The molecule has 21 heavy (non-hydrogen) atoms. The van der Waals surface area contributed by atoms with Gasteiger partial charge >= 0.3 is 12.0 Å². The van der Waals surface area contributed by atoms with E-state index in [9.17, 15) is 9.59 Å². The van der Waals surface area contributed by atoms with Gasteiger partial charge in [-0.25, -0.2) is 9.59 Å². The van der Waals surface area contributed by atoms with Crippen LogP contribution in [0, 0.1) is 3.57 Å². The normalized spacial score (nSPS) is 10.1. The van der Waals surface area contributed by atoms with Crippen molar-refractivity contribution in [1.29, 1.82) is 0 Å². The van der Waals surface area contributed by atoms with Gasteiger partial charge in [0.05, 0.1) is 11.3 Å². The van der Waals surface area contributed by atoms with Crippen LogP contribution in [0.1, 0.15) is 15.2 Å². The van der Waals surface area contributed by atoms with Crippen LogP contribution in [0.3, 0.4) is 0 Å². The van der Waals surface area contributed by atoms with E-state index in [1.807, 2.05) is 40.1 Å². The monoisotopic (exact) mass is 416 g/mol. The fourth-order valence-corrected chi connectivity index (χ4v) is 2.92. The molecule has 2 rings (SSSR count). The molecular formula is C14H13IN2O3S. The van der Waals surface area contributed by atoms with Crippen LogP contribution in [-0.4, -0.2) is 23.7 Å². The summed E-state index contributed by atoms with van der Waals surface area (Å²) >= 11 is 3.66. The average Bonchev–Trinajstić information content (AvgIpc) is 2.94. The molecule has 5 nitrogen and oxygen atoms in total. The maximum absolute atomic E-state index is 11.8. The van der Waals surface area contributed by atoms with Crippen molar-refractivity contribution in [3.63, 3.8) is 0 Å². The molecule has 0 bridgehead atoms. The molecule has 0 saturated carbocycles. The summed E-state index contributed by atoms with van der Waals surface area (Å²) in [4.78, 5) is 24.1. The maximum Gasteiger partial charge on any atom is 0.337 e. The van der Waals surface area contributed by atoms with Gasteiger partial charge in [0.1, 0.15) is 0 Å². The molecule has 0 spiro atoms. The largest absolute Gasteiger partial charge is 0.478 e. The number of halogens is 1. The van der Waals surface area contributed by atoms with Crippen molar-refractivity contribution in [1.82, 2.24) is 5.32 Å². The molecule has 2 amide bonds. The Morgan fingerprint density at radius 2 is 2.10 bits per heavy atom. The Balaban J connectivity index is 1.92. The Morgan fingerprint density at radius 3 is 2.76 bits per heavy atom. The molecule has 1 aromatic carbocycles. The number of thiophene rings is 1. The van der Waals surface area contributed by atoms with E-state index in [2.05, 4.69) is 10.6 Å².